The maximum Gasteiger partial charge on any atom is 0.237 e. The van der Waals surface area contributed by atoms with Gasteiger partial charge in [-0.2, -0.15) is 0 Å². The first-order valence-electron chi connectivity index (χ1n) is 7.43. The SMILES string of the molecule is CCC(CC)NC(=O)C(C)NC(CCO)C(C)(C)C. The molecule has 0 saturated heterocycles. The number of hydrogen-bond acceptors (Lipinski definition) is 3. The molecule has 4 nitrogen and oxygen atoms in total. The number of aliphatic hydroxyl groups is 1. The van der Waals surface area contributed by atoms with Crippen LogP contribution in [0.15, 0.2) is 0 Å². The van der Waals surface area contributed by atoms with Gasteiger partial charge in [0.1, 0.15) is 0 Å². The molecule has 0 saturated carbocycles. The molecular weight excluding hydrogens is 240 g/mol. The van der Waals surface area contributed by atoms with Crippen LogP contribution in [-0.2, 0) is 4.79 Å². The number of carbonyl (C=O) groups is 1. The van der Waals surface area contributed by atoms with Crippen LogP contribution in [0.4, 0.5) is 0 Å². The Kier molecular flexibility index (Phi) is 8.26. The molecule has 0 fully saturated rings. The van der Waals surface area contributed by atoms with Crippen LogP contribution in [0.5, 0.6) is 0 Å². The Balaban J connectivity index is 4.47. The minimum Gasteiger partial charge on any atom is -0.396 e. The number of amides is 1. The van der Waals surface area contributed by atoms with E-state index in [1.54, 1.807) is 0 Å². The van der Waals surface area contributed by atoms with Gasteiger partial charge in [0.05, 0.1) is 6.04 Å². The van der Waals surface area contributed by atoms with Gasteiger partial charge in [-0.15, -0.1) is 0 Å². The fourth-order valence-corrected chi connectivity index (χ4v) is 2.09. The lowest BCUT2D eigenvalue weighted by molar-refractivity contribution is -0.124. The van der Waals surface area contributed by atoms with Gasteiger partial charge in [0.2, 0.25) is 5.91 Å². The van der Waals surface area contributed by atoms with E-state index in [0.717, 1.165) is 12.8 Å². The molecular formula is C15H32N2O2. The standard InChI is InChI=1S/C15H32N2O2/c1-7-12(8-2)17-14(19)11(3)16-13(9-10-18)15(4,5)6/h11-13,16,18H,7-10H2,1-6H3,(H,17,19). The van der Waals surface area contributed by atoms with Crippen molar-refractivity contribution in [1.29, 1.82) is 0 Å². The van der Waals surface area contributed by atoms with E-state index >= 15 is 0 Å². The molecule has 0 rings (SSSR count). The summed E-state index contributed by atoms with van der Waals surface area (Å²) in [5.74, 6) is 0.0425. The maximum atomic E-state index is 12.1. The lowest BCUT2D eigenvalue weighted by Crippen LogP contribution is -2.52. The first kappa shape index (κ1) is 18.4. The molecule has 0 spiro atoms. The first-order chi connectivity index (χ1) is 8.76. The van der Waals surface area contributed by atoms with Gasteiger partial charge in [-0.1, -0.05) is 34.6 Å². The van der Waals surface area contributed by atoms with Crippen LogP contribution in [0.2, 0.25) is 0 Å². The van der Waals surface area contributed by atoms with Crippen LogP contribution in [0.1, 0.15) is 60.8 Å². The maximum absolute atomic E-state index is 12.1. The van der Waals surface area contributed by atoms with Crippen LogP contribution in [0, 0.1) is 5.41 Å². The number of aliphatic hydroxyl groups excluding tert-OH is 1. The summed E-state index contributed by atoms with van der Waals surface area (Å²) < 4.78 is 0. The molecule has 0 aromatic heterocycles. The van der Waals surface area contributed by atoms with Crippen LogP contribution >= 0.6 is 0 Å². The number of carbonyl (C=O) groups excluding carboxylic acids is 1. The molecule has 0 aliphatic heterocycles. The molecule has 0 aliphatic rings. The second-order valence-corrected chi connectivity index (χ2v) is 6.34. The number of rotatable bonds is 8. The number of hydrogen-bond donors (Lipinski definition) is 3. The predicted molar refractivity (Wildman–Crippen MR) is 80.1 cm³/mol. The lowest BCUT2D eigenvalue weighted by Gasteiger charge is -2.33. The van der Waals surface area contributed by atoms with Crippen molar-refractivity contribution in [2.45, 2.75) is 78.9 Å². The van der Waals surface area contributed by atoms with Crippen molar-refractivity contribution in [2.24, 2.45) is 5.41 Å². The van der Waals surface area contributed by atoms with Crippen molar-refractivity contribution in [2.75, 3.05) is 6.61 Å². The van der Waals surface area contributed by atoms with E-state index in [1.165, 1.54) is 0 Å². The molecule has 4 heteroatoms. The van der Waals surface area contributed by atoms with Crippen LogP contribution in [0.25, 0.3) is 0 Å². The van der Waals surface area contributed by atoms with Crippen molar-refractivity contribution in [3.05, 3.63) is 0 Å². The largest absolute Gasteiger partial charge is 0.396 e. The molecule has 2 atom stereocenters. The van der Waals surface area contributed by atoms with Crippen molar-refractivity contribution in [3.8, 4) is 0 Å². The Bertz CT molecular complexity index is 257. The average molecular weight is 272 g/mol. The van der Waals surface area contributed by atoms with Crippen molar-refractivity contribution in [1.82, 2.24) is 10.6 Å². The molecule has 0 aromatic rings. The van der Waals surface area contributed by atoms with E-state index in [9.17, 15) is 4.79 Å². The molecule has 0 aliphatic carbocycles. The Labute approximate surface area is 118 Å². The summed E-state index contributed by atoms with van der Waals surface area (Å²) in [6.45, 7) is 12.5. The van der Waals surface area contributed by atoms with Gasteiger partial charge in [-0.3, -0.25) is 4.79 Å². The summed E-state index contributed by atoms with van der Waals surface area (Å²) in [7, 11) is 0. The smallest absolute Gasteiger partial charge is 0.237 e. The van der Waals surface area contributed by atoms with Gasteiger partial charge < -0.3 is 15.7 Å². The van der Waals surface area contributed by atoms with Crippen LogP contribution < -0.4 is 10.6 Å². The third-order valence-corrected chi connectivity index (χ3v) is 3.64. The minimum atomic E-state index is -0.239. The Morgan fingerprint density at radius 1 is 1.21 bits per heavy atom. The highest BCUT2D eigenvalue weighted by atomic mass is 16.3. The van der Waals surface area contributed by atoms with E-state index < -0.39 is 0 Å². The lowest BCUT2D eigenvalue weighted by atomic mass is 9.84. The Morgan fingerprint density at radius 3 is 2.11 bits per heavy atom. The first-order valence-corrected chi connectivity index (χ1v) is 7.43. The topological polar surface area (TPSA) is 61.4 Å². The molecule has 0 bridgehead atoms. The third-order valence-electron chi connectivity index (χ3n) is 3.64. The normalized spacial score (nSPS) is 15.4. The van der Waals surface area contributed by atoms with Gasteiger partial charge in [0.15, 0.2) is 0 Å². The molecule has 19 heavy (non-hydrogen) atoms. The molecule has 0 aromatic carbocycles. The Hall–Kier alpha value is -0.610. The van der Waals surface area contributed by atoms with E-state index in [-0.39, 0.29) is 36.1 Å². The van der Waals surface area contributed by atoms with Gasteiger partial charge in [0.25, 0.3) is 0 Å². The molecule has 114 valence electrons. The summed E-state index contributed by atoms with van der Waals surface area (Å²) in [6, 6.07) is 0.138. The Morgan fingerprint density at radius 2 is 1.74 bits per heavy atom. The van der Waals surface area contributed by atoms with Gasteiger partial charge in [-0.05, 0) is 31.6 Å². The fourth-order valence-electron chi connectivity index (χ4n) is 2.09. The summed E-state index contributed by atoms with van der Waals surface area (Å²) in [5.41, 5.74) is 0.0200. The van der Waals surface area contributed by atoms with Crippen LogP contribution in [0.3, 0.4) is 0 Å². The second kappa shape index (κ2) is 8.54. The zero-order chi connectivity index (χ0) is 15.1. The van der Waals surface area contributed by atoms with Crippen molar-refractivity contribution >= 4 is 5.91 Å². The molecule has 0 radical (unpaired) electrons. The van der Waals surface area contributed by atoms with Crippen LogP contribution in [-0.4, -0.2) is 35.7 Å². The van der Waals surface area contributed by atoms with E-state index in [1.807, 2.05) is 6.92 Å². The summed E-state index contributed by atoms with van der Waals surface area (Å²) >= 11 is 0. The highest BCUT2D eigenvalue weighted by Crippen LogP contribution is 2.22. The van der Waals surface area contributed by atoms with Crippen molar-refractivity contribution in [3.63, 3.8) is 0 Å². The minimum absolute atomic E-state index is 0.0200. The van der Waals surface area contributed by atoms with E-state index in [0.29, 0.717) is 6.42 Å². The van der Waals surface area contributed by atoms with Gasteiger partial charge >= 0.3 is 0 Å². The zero-order valence-corrected chi connectivity index (χ0v) is 13.4. The third kappa shape index (κ3) is 6.92. The highest BCUT2D eigenvalue weighted by molar-refractivity contribution is 5.81. The summed E-state index contributed by atoms with van der Waals surface area (Å²) in [5, 5.41) is 15.5. The predicted octanol–water partition coefficient (Wildman–Crippen LogP) is 2.07. The van der Waals surface area contributed by atoms with Gasteiger partial charge in [-0.25, -0.2) is 0 Å². The second-order valence-electron chi connectivity index (χ2n) is 6.34. The van der Waals surface area contributed by atoms with Crippen molar-refractivity contribution < 1.29 is 9.90 Å². The quantitative estimate of drug-likeness (QED) is 0.634. The number of nitrogens with one attached hydrogen (secondary N) is 2. The molecule has 0 heterocycles. The zero-order valence-electron chi connectivity index (χ0n) is 13.4. The molecule has 1 amide bonds. The average Bonchev–Trinajstić information content (AvgIpc) is 2.33. The summed E-state index contributed by atoms with van der Waals surface area (Å²) in [6.07, 6.45) is 2.56. The van der Waals surface area contributed by atoms with E-state index in [2.05, 4.69) is 45.3 Å². The van der Waals surface area contributed by atoms with Gasteiger partial charge in [0, 0.05) is 18.7 Å². The molecule has 3 N–H and O–H groups in total. The monoisotopic (exact) mass is 272 g/mol. The summed E-state index contributed by atoms with van der Waals surface area (Å²) in [4.78, 5) is 12.1. The fraction of sp³-hybridized carbons (Fsp3) is 0.933. The molecule has 2 unspecified atom stereocenters. The highest BCUT2D eigenvalue weighted by Gasteiger charge is 2.27. The van der Waals surface area contributed by atoms with E-state index in [4.69, 9.17) is 5.11 Å².